The summed E-state index contributed by atoms with van der Waals surface area (Å²) in [5.41, 5.74) is -2.17. The number of rotatable bonds is 0. The van der Waals surface area contributed by atoms with Crippen molar-refractivity contribution in [1.82, 2.24) is 9.80 Å². The lowest BCUT2D eigenvalue weighted by Gasteiger charge is -2.32. The van der Waals surface area contributed by atoms with E-state index in [1.54, 1.807) is 14.1 Å². The van der Waals surface area contributed by atoms with Crippen LogP contribution in [0.4, 0.5) is 0 Å². The Morgan fingerprint density at radius 3 is 0.812 bits per heavy atom. The third kappa shape index (κ3) is 4.26. The van der Waals surface area contributed by atoms with Crippen molar-refractivity contribution in [2.45, 2.75) is 105 Å². The number of carbonyl (C=O) groups excluding carboxylic acids is 4. The molecule has 0 aromatic heterocycles. The van der Waals surface area contributed by atoms with Gasteiger partial charge in [0.05, 0.1) is 0 Å². The fraction of sp³-hybridized carbons (Fsp3) is 0.846. The molecule has 0 radical (unpaired) electrons. The average Bonchev–Trinajstić information content (AvgIpc) is 2.87. The molecule has 180 valence electrons. The molecule has 0 N–H and O–H groups in total. The Labute approximate surface area is 193 Å². The Morgan fingerprint density at radius 1 is 0.438 bits per heavy atom. The zero-order valence-electron chi connectivity index (χ0n) is 21.0. The van der Waals surface area contributed by atoms with E-state index in [0.29, 0.717) is 25.7 Å². The van der Waals surface area contributed by atoms with Crippen LogP contribution in [-0.4, -0.2) is 47.5 Å². The number of nitrogens with zero attached hydrogens (tertiary/aromatic N) is 2. The Kier molecular flexibility index (Phi) is 6.67. The summed E-state index contributed by atoms with van der Waals surface area (Å²) >= 11 is 0. The van der Waals surface area contributed by atoms with Crippen molar-refractivity contribution in [1.29, 1.82) is 0 Å². The minimum Gasteiger partial charge on any atom is -0.285 e. The van der Waals surface area contributed by atoms with Crippen LogP contribution in [0.5, 0.6) is 0 Å². The number of imide groups is 2. The molecule has 3 aliphatic rings. The topological polar surface area (TPSA) is 74.8 Å². The van der Waals surface area contributed by atoms with E-state index in [1.165, 1.54) is 9.80 Å². The highest BCUT2D eigenvalue weighted by atomic mass is 16.2. The smallest absolute Gasteiger partial charge is 0.234 e. The predicted octanol–water partition coefficient (Wildman–Crippen LogP) is 4.70. The van der Waals surface area contributed by atoms with E-state index < -0.39 is 21.7 Å². The van der Waals surface area contributed by atoms with E-state index in [0.717, 1.165) is 51.4 Å². The fourth-order valence-electron chi connectivity index (χ4n) is 6.32. The molecule has 0 unspecified atom stereocenters. The highest BCUT2D eigenvalue weighted by Gasteiger charge is 2.50. The van der Waals surface area contributed by atoms with Gasteiger partial charge in [0.2, 0.25) is 23.6 Å². The highest BCUT2D eigenvalue weighted by Crippen LogP contribution is 2.47. The van der Waals surface area contributed by atoms with Crippen LogP contribution in [0, 0.1) is 21.7 Å². The number of amides is 4. The van der Waals surface area contributed by atoms with E-state index >= 15 is 0 Å². The monoisotopic (exact) mass is 446 g/mol. The largest absolute Gasteiger partial charge is 0.285 e. The minimum absolute atomic E-state index is 0.0617. The number of carbonyl (C=O) groups is 4. The molecule has 0 spiro atoms. The molecule has 3 rings (SSSR count). The van der Waals surface area contributed by atoms with Gasteiger partial charge >= 0.3 is 0 Å². The van der Waals surface area contributed by atoms with Crippen molar-refractivity contribution in [2.24, 2.45) is 21.7 Å². The average molecular weight is 447 g/mol. The Balaban J connectivity index is 1.92. The normalized spacial score (nSPS) is 40.6. The summed E-state index contributed by atoms with van der Waals surface area (Å²) in [6, 6.07) is 0. The van der Waals surface area contributed by atoms with E-state index in [2.05, 4.69) is 0 Å². The zero-order valence-corrected chi connectivity index (χ0v) is 21.0. The first-order chi connectivity index (χ1) is 14.8. The summed E-state index contributed by atoms with van der Waals surface area (Å²) in [5, 5.41) is 0. The lowest BCUT2D eigenvalue weighted by atomic mass is 9.71. The van der Waals surface area contributed by atoms with E-state index in [-0.39, 0.29) is 23.6 Å². The van der Waals surface area contributed by atoms with Crippen LogP contribution in [-0.2, 0) is 19.2 Å². The van der Waals surface area contributed by atoms with Crippen molar-refractivity contribution >= 4 is 23.6 Å². The summed E-state index contributed by atoms with van der Waals surface area (Å²) in [5.74, 6) is -0.247. The van der Waals surface area contributed by atoms with Gasteiger partial charge in [-0.2, -0.15) is 0 Å². The molecule has 4 amide bonds. The number of fused-ring (bicyclic) bond motifs is 6. The van der Waals surface area contributed by atoms with Gasteiger partial charge in [-0.05, 0) is 51.4 Å². The van der Waals surface area contributed by atoms with E-state index in [4.69, 9.17) is 0 Å². The maximum Gasteiger partial charge on any atom is 0.234 e. The van der Waals surface area contributed by atoms with Crippen LogP contribution in [0.2, 0.25) is 0 Å². The number of hydrogen-bond acceptors (Lipinski definition) is 4. The molecule has 2 heterocycles. The van der Waals surface area contributed by atoms with Gasteiger partial charge in [-0.25, -0.2) is 0 Å². The van der Waals surface area contributed by atoms with Crippen molar-refractivity contribution in [3.8, 4) is 0 Å². The molecule has 0 aromatic carbocycles. The SMILES string of the molecule is CN1C(=O)[C@@]2(C)CCCC[C@]3(C)CC[C@](C)(CCCC[C@](C)(CC2)C1=O)C(=O)N(C)C3=O. The van der Waals surface area contributed by atoms with Crippen LogP contribution < -0.4 is 0 Å². The summed E-state index contributed by atoms with van der Waals surface area (Å²) in [6.07, 6.45) is 9.07. The fourth-order valence-corrected chi connectivity index (χ4v) is 6.32. The molecule has 0 aromatic rings. The summed E-state index contributed by atoms with van der Waals surface area (Å²) in [4.78, 5) is 55.7. The van der Waals surface area contributed by atoms with Gasteiger partial charge in [0.15, 0.2) is 0 Å². The number of hydrogen-bond donors (Lipinski definition) is 0. The molecule has 4 atom stereocenters. The van der Waals surface area contributed by atoms with Gasteiger partial charge in [-0.1, -0.05) is 53.4 Å². The quantitative estimate of drug-likeness (QED) is 0.505. The second kappa shape index (κ2) is 8.57. The minimum atomic E-state index is -0.543. The molecule has 6 heteroatoms. The van der Waals surface area contributed by atoms with Crippen molar-refractivity contribution in [3.63, 3.8) is 0 Å². The van der Waals surface area contributed by atoms with Crippen LogP contribution in [0.15, 0.2) is 0 Å². The standard InChI is InChI=1S/C26H42N2O4/c1-23-11-7-8-12-25(3)17-18-26(4,22(32)28(6)21(25)31)14-10-9-13-24(2,16-15-23)20(30)27(5)19(23)29/h7-18H2,1-6H3/t23-,24+,25+,26-. The van der Waals surface area contributed by atoms with Crippen LogP contribution in [0.25, 0.3) is 0 Å². The van der Waals surface area contributed by atoms with Gasteiger partial charge in [-0.15, -0.1) is 0 Å². The van der Waals surface area contributed by atoms with Crippen LogP contribution in [0.3, 0.4) is 0 Å². The molecule has 2 saturated heterocycles. The number of likely N-dealkylation sites (tertiary alicyclic amines) is 2. The van der Waals surface area contributed by atoms with E-state index in [1.807, 2.05) is 27.7 Å². The molecule has 32 heavy (non-hydrogen) atoms. The first-order valence-electron chi connectivity index (χ1n) is 12.4. The second-order valence-corrected chi connectivity index (χ2v) is 12.0. The summed E-state index contributed by atoms with van der Waals surface area (Å²) in [6.45, 7) is 8.02. The van der Waals surface area contributed by atoms with Crippen LogP contribution >= 0.6 is 0 Å². The van der Waals surface area contributed by atoms with Gasteiger partial charge in [-0.3, -0.25) is 29.0 Å². The Hall–Kier alpha value is -1.72. The molecule has 2 aliphatic heterocycles. The van der Waals surface area contributed by atoms with E-state index in [9.17, 15) is 19.2 Å². The van der Waals surface area contributed by atoms with Crippen molar-refractivity contribution < 1.29 is 19.2 Å². The highest BCUT2D eigenvalue weighted by molar-refractivity contribution is 6.01. The Bertz CT molecular complexity index is 680. The molecule has 4 bridgehead atoms. The molecular weight excluding hydrogens is 404 g/mol. The lowest BCUT2D eigenvalue weighted by Crippen LogP contribution is -2.45. The third-order valence-corrected chi connectivity index (χ3v) is 9.16. The summed E-state index contributed by atoms with van der Waals surface area (Å²) < 4.78 is 0. The maximum absolute atomic E-state index is 13.2. The van der Waals surface area contributed by atoms with Gasteiger partial charge in [0, 0.05) is 35.8 Å². The molecule has 3 fully saturated rings. The molecule has 1 aliphatic carbocycles. The van der Waals surface area contributed by atoms with Crippen molar-refractivity contribution in [3.05, 3.63) is 0 Å². The first-order valence-corrected chi connectivity index (χ1v) is 12.4. The summed E-state index contributed by atoms with van der Waals surface area (Å²) in [7, 11) is 3.28. The van der Waals surface area contributed by atoms with Gasteiger partial charge < -0.3 is 0 Å². The molecule has 1 saturated carbocycles. The Morgan fingerprint density at radius 2 is 0.625 bits per heavy atom. The lowest BCUT2D eigenvalue weighted by molar-refractivity contribution is -0.154. The molecule has 6 nitrogen and oxygen atoms in total. The maximum atomic E-state index is 13.2. The van der Waals surface area contributed by atoms with Crippen LogP contribution in [0.1, 0.15) is 105 Å². The first kappa shape index (κ1) is 24.9. The van der Waals surface area contributed by atoms with Gasteiger partial charge in [0.1, 0.15) is 0 Å². The predicted molar refractivity (Wildman–Crippen MR) is 123 cm³/mol. The zero-order chi connectivity index (χ0) is 23.9. The van der Waals surface area contributed by atoms with Gasteiger partial charge in [0.25, 0.3) is 0 Å². The third-order valence-electron chi connectivity index (χ3n) is 9.16. The second-order valence-electron chi connectivity index (χ2n) is 12.0. The molecular formula is C26H42N2O4. The van der Waals surface area contributed by atoms with Crippen molar-refractivity contribution in [2.75, 3.05) is 14.1 Å².